The van der Waals surface area contributed by atoms with Crippen LogP contribution in [0.15, 0.2) is 60.7 Å². The Morgan fingerprint density at radius 1 is 0.943 bits per heavy atom. The van der Waals surface area contributed by atoms with Crippen molar-refractivity contribution in [1.82, 2.24) is 4.90 Å². The number of anilines is 2. The number of carbonyl (C=O) groups excluding carboxylic acids is 2. The number of amides is 3. The van der Waals surface area contributed by atoms with Gasteiger partial charge in [0.15, 0.2) is 0 Å². The van der Waals surface area contributed by atoms with Crippen LogP contribution in [-0.4, -0.2) is 44.1 Å². The molecule has 0 atom stereocenters. The summed E-state index contributed by atoms with van der Waals surface area (Å²) in [6.45, 7) is 1.39. The number of halogens is 2. The summed E-state index contributed by atoms with van der Waals surface area (Å²) in [7, 11) is 3.05. The second-order valence-electron chi connectivity index (χ2n) is 7.99. The van der Waals surface area contributed by atoms with Crippen molar-refractivity contribution >= 4 is 23.3 Å². The maximum absolute atomic E-state index is 14.2. The van der Waals surface area contributed by atoms with E-state index in [2.05, 4.69) is 5.32 Å². The van der Waals surface area contributed by atoms with E-state index < -0.39 is 23.1 Å². The lowest BCUT2D eigenvalue weighted by Gasteiger charge is -2.36. The molecule has 0 bridgehead atoms. The standard InChI is InChI=1S/C26H25F2N3O4/c1-34-18-9-7-17(8-10-18)16-30-13-4-14-31(26(30)33)23-12-11-19(35-2)15-22(23)29-25(32)24-20(27)5-3-6-21(24)28/h3,5-12,15H,4,13-14,16H2,1-2H3,(H,29,32). The highest BCUT2D eigenvalue weighted by molar-refractivity contribution is 6.08. The molecule has 1 saturated heterocycles. The van der Waals surface area contributed by atoms with Crippen molar-refractivity contribution < 1.29 is 27.8 Å². The van der Waals surface area contributed by atoms with Gasteiger partial charge in [0, 0.05) is 25.7 Å². The largest absolute Gasteiger partial charge is 0.497 e. The molecular formula is C26H25F2N3O4. The van der Waals surface area contributed by atoms with E-state index in [9.17, 15) is 18.4 Å². The fourth-order valence-corrected chi connectivity index (χ4v) is 3.98. The van der Waals surface area contributed by atoms with Gasteiger partial charge in [0.05, 0.1) is 25.6 Å². The Labute approximate surface area is 201 Å². The number of hydrogen-bond donors (Lipinski definition) is 1. The third-order valence-corrected chi connectivity index (χ3v) is 5.78. The van der Waals surface area contributed by atoms with E-state index in [1.165, 1.54) is 19.2 Å². The van der Waals surface area contributed by atoms with E-state index in [1.54, 1.807) is 29.0 Å². The minimum atomic E-state index is -0.980. The summed E-state index contributed by atoms with van der Waals surface area (Å²) in [5.74, 6) is -1.78. The molecule has 182 valence electrons. The predicted octanol–water partition coefficient (Wildman–Crippen LogP) is 5.07. The predicted molar refractivity (Wildman–Crippen MR) is 128 cm³/mol. The van der Waals surface area contributed by atoms with Crippen LogP contribution in [0.2, 0.25) is 0 Å². The molecule has 1 N–H and O–H groups in total. The first-order valence-electron chi connectivity index (χ1n) is 11.0. The quantitative estimate of drug-likeness (QED) is 0.512. The second kappa shape index (κ2) is 10.4. The normalized spacial score (nSPS) is 13.5. The van der Waals surface area contributed by atoms with Crippen molar-refractivity contribution in [2.45, 2.75) is 13.0 Å². The third-order valence-electron chi connectivity index (χ3n) is 5.78. The highest BCUT2D eigenvalue weighted by Crippen LogP contribution is 2.33. The molecule has 3 amide bonds. The zero-order valence-electron chi connectivity index (χ0n) is 19.4. The molecule has 1 aliphatic heterocycles. The van der Waals surface area contributed by atoms with E-state index in [1.807, 2.05) is 24.3 Å². The number of methoxy groups -OCH3 is 2. The van der Waals surface area contributed by atoms with Crippen LogP contribution in [0.1, 0.15) is 22.3 Å². The molecule has 0 unspecified atom stereocenters. The van der Waals surface area contributed by atoms with Gasteiger partial charge < -0.3 is 19.7 Å². The number of nitrogens with one attached hydrogen (secondary N) is 1. The number of hydrogen-bond acceptors (Lipinski definition) is 4. The molecule has 1 fully saturated rings. The first-order valence-corrected chi connectivity index (χ1v) is 11.0. The lowest BCUT2D eigenvalue weighted by atomic mass is 10.1. The van der Waals surface area contributed by atoms with Gasteiger partial charge >= 0.3 is 6.03 Å². The van der Waals surface area contributed by atoms with E-state index in [-0.39, 0.29) is 11.7 Å². The fraction of sp³-hybridized carbons (Fsp3) is 0.231. The van der Waals surface area contributed by atoms with E-state index >= 15 is 0 Å². The third kappa shape index (κ3) is 5.18. The van der Waals surface area contributed by atoms with E-state index in [4.69, 9.17) is 9.47 Å². The number of rotatable bonds is 7. The van der Waals surface area contributed by atoms with Crippen molar-refractivity contribution in [1.29, 1.82) is 0 Å². The van der Waals surface area contributed by atoms with Crippen molar-refractivity contribution in [3.63, 3.8) is 0 Å². The van der Waals surface area contributed by atoms with Gasteiger partial charge in [0.2, 0.25) is 0 Å². The molecule has 0 aromatic heterocycles. The van der Waals surface area contributed by atoms with Crippen LogP contribution in [0.4, 0.5) is 25.0 Å². The summed E-state index contributed by atoms with van der Waals surface area (Å²) < 4.78 is 38.8. The number of benzene rings is 3. The average Bonchev–Trinajstić information content (AvgIpc) is 2.86. The van der Waals surface area contributed by atoms with E-state index in [0.717, 1.165) is 23.4 Å². The molecule has 7 nitrogen and oxygen atoms in total. The van der Waals surface area contributed by atoms with Crippen LogP contribution >= 0.6 is 0 Å². The molecule has 0 aliphatic carbocycles. The fourth-order valence-electron chi connectivity index (χ4n) is 3.98. The number of carbonyl (C=O) groups is 2. The molecule has 3 aromatic carbocycles. The lowest BCUT2D eigenvalue weighted by molar-refractivity contribution is 0.101. The molecule has 35 heavy (non-hydrogen) atoms. The Bertz CT molecular complexity index is 1210. The topological polar surface area (TPSA) is 71.1 Å². The number of ether oxygens (including phenoxy) is 2. The van der Waals surface area contributed by atoms with Crippen LogP contribution in [0, 0.1) is 11.6 Å². The zero-order chi connectivity index (χ0) is 24.9. The molecule has 3 aromatic rings. The van der Waals surface area contributed by atoms with Crippen LogP contribution in [0.5, 0.6) is 11.5 Å². The summed E-state index contributed by atoms with van der Waals surface area (Å²) in [5, 5.41) is 2.55. The van der Waals surface area contributed by atoms with Crippen LogP contribution in [0.3, 0.4) is 0 Å². The van der Waals surface area contributed by atoms with Gasteiger partial charge in [-0.1, -0.05) is 18.2 Å². The van der Waals surface area contributed by atoms with Crippen molar-refractivity contribution in [2.24, 2.45) is 0 Å². The van der Waals surface area contributed by atoms with Crippen molar-refractivity contribution in [3.8, 4) is 11.5 Å². The lowest BCUT2D eigenvalue weighted by Crippen LogP contribution is -2.49. The van der Waals surface area contributed by atoms with Gasteiger partial charge in [0.25, 0.3) is 5.91 Å². The summed E-state index contributed by atoms with van der Waals surface area (Å²) >= 11 is 0. The highest BCUT2D eigenvalue weighted by atomic mass is 19.1. The number of urea groups is 1. The summed E-state index contributed by atoms with van der Waals surface area (Å²) in [5.41, 5.74) is 0.851. The number of nitrogens with zero attached hydrogens (tertiary/aromatic N) is 2. The van der Waals surface area contributed by atoms with Crippen LogP contribution in [-0.2, 0) is 6.54 Å². The molecule has 0 spiro atoms. The van der Waals surface area contributed by atoms with Crippen molar-refractivity contribution in [2.75, 3.05) is 37.5 Å². The van der Waals surface area contributed by atoms with Gasteiger partial charge in [-0.25, -0.2) is 13.6 Å². The SMILES string of the molecule is COc1ccc(CN2CCCN(c3ccc(OC)cc3NC(=O)c3c(F)cccc3F)C2=O)cc1. The van der Waals surface area contributed by atoms with Crippen LogP contribution < -0.4 is 19.7 Å². The average molecular weight is 481 g/mol. The van der Waals surface area contributed by atoms with Gasteiger partial charge in [-0.2, -0.15) is 0 Å². The minimum absolute atomic E-state index is 0.205. The molecule has 1 heterocycles. The smallest absolute Gasteiger partial charge is 0.324 e. The zero-order valence-corrected chi connectivity index (χ0v) is 19.4. The highest BCUT2D eigenvalue weighted by Gasteiger charge is 2.29. The minimum Gasteiger partial charge on any atom is -0.497 e. The molecule has 0 radical (unpaired) electrons. The first kappa shape index (κ1) is 24.0. The van der Waals surface area contributed by atoms with Gasteiger partial charge in [0.1, 0.15) is 28.7 Å². The summed E-state index contributed by atoms with van der Waals surface area (Å²) in [4.78, 5) is 29.4. The molecule has 9 heteroatoms. The Kier molecular flexibility index (Phi) is 7.14. The molecule has 1 aliphatic rings. The summed E-state index contributed by atoms with van der Waals surface area (Å²) in [6, 6.07) is 15.2. The monoisotopic (exact) mass is 481 g/mol. The Balaban J connectivity index is 1.60. The van der Waals surface area contributed by atoms with E-state index in [0.29, 0.717) is 37.5 Å². The maximum Gasteiger partial charge on any atom is 0.324 e. The first-order chi connectivity index (χ1) is 16.9. The van der Waals surface area contributed by atoms with Crippen molar-refractivity contribution in [3.05, 3.63) is 83.4 Å². The van der Waals surface area contributed by atoms with Crippen LogP contribution in [0.25, 0.3) is 0 Å². The Morgan fingerprint density at radius 3 is 2.26 bits per heavy atom. The Hall–Kier alpha value is -4.14. The second-order valence-corrected chi connectivity index (χ2v) is 7.99. The Morgan fingerprint density at radius 2 is 1.60 bits per heavy atom. The van der Waals surface area contributed by atoms with Gasteiger partial charge in [-0.3, -0.25) is 9.69 Å². The molecule has 0 saturated carbocycles. The summed E-state index contributed by atoms with van der Waals surface area (Å²) in [6.07, 6.45) is 0.698. The van der Waals surface area contributed by atoms with Gasteiger partial charge in [-0.05, 0) is 48.4 Å². The van der Waals surface area contributed by atoms with Gasteiger partial charge in [-0.15, -0.1) is 0 Å². The molecular weight excluding hydrogens is 456 g/mol. The maximum atomic E-state index is 14.2. The molecule has 4 rings (SSSR count).